The van der Waals surface area contributed by atoms with Gasteiger partial charge in [-0.15, -0.1) is 10.2 Å². The predicted octanol–water partition coefficient (Wildman–Crippen LogP) is 4.25. The van der Waals surface area contributed by atoms with Gasteiger partial charge in [0, 0.05) is 29.0 Å². The monoisotopic (exact) mass is 357 g/mol. The van der Waals surface area contributed by atoms with Gasteiger partial charge in [-0.25, -0.2) is 0 Å². The van der Waals surface area contributed by atoms with Gasteiger partial charge in [-0.3, -0.25) is 10.1 Å². The Morgan fingerprint density at radius 3 is 2.76 bits per heavy atom. The van der Waals surface area contributed by atoms with E-state index in [4.69, 9.17) is 9.15 Å². The Morgan fingerprint density at radius 2 is 2.04 bits per heavy atom. The van der Waals surface area contributed by atoms with Gasteiger partial charge in [-0.05, 0) is 24.6 Å². The summed E-state index contributed by atoms with van der Waals surface area (Å²) in [7, 11) is 1.53. The maximum atomic E-state index is 10.9. The van der Waals surface area contributed by atoms with Crippen LogP contribution in [-0.2, 0) is 5.75 Å². The number of non-ortho nitro benzene ring substituents is 1. The standard InChI is InChI=1S/C17H15N3O4S/c1-11-5-3-4-6-14(11)16-18-19-17(24-16)25-10-12-9-13(20(21)22)7-8-15(12)23-2/h3-9H,10H2,1-2H3. The number of aryl methyl sites for hydroxylation is 1. The number of benzene rings is 2. The van der Waals surface area contributed by atoms with Gasteiger partial charge in [0.25, 0.3) is 10.9 Å². The fourth-order valence-corrected chi connectivity index (χ4v) is 3.06. The number of aromatic nitrogens is 2. The van der Waals surface area contributed by atoms with Crippen LogP contribution >= 0.6 is 11.8 Å². The minimum absolute atomic E-state index is 0.0162. The van der Waals surface area contributed by atoms with Gasteiger partial charge in [0.05, 0.1) is 12.0 Å². The van der Waals surface area contributed by atoms with Crippen LogP contribution in [-0.4, -0.2) is 22.2 Å². The van der Waals surface area contributed by atoms with E-state index in [-0.39, 0.29) is 5.69 Å². The zero-order chi connectivity index (χ0) is 17.8. The van der Waals surface area contributed by atoms with Crippen molar-refractivity contribution in [3.8, 4) is 17.2 Å². The molecule has 0 saturated carbocycles. The summed E-state index contributed by atoms with van der Waals surface area (Å²) < 4.78 is 10.9. The lowest BCUT2D eigenvalue weighted by Gasteiger charge is -2.06. The summed E-state index contributed by atoms with van der Waals surface area (Å²) in [5, 5.41) is 19.4. The molecule has 128 valence electrons. The van der Waals surface area contributed by atoms with E-state index >= 15 is 0 Å². The van der Waals surface area contributed by atoms with Crippen molar-refractivity contribution in [2.75, 3.05) is 7.11 Å². The highest BCUT2D eigenvalue weighted by Crippen LogP contribution is 2.31. The summed E-state index contributed by atoms with van der Waals surface area (Å²) in [6.45, 7) is 1.97. The average molecular weight is 357 g/mol. The van der Waals surface area contributed by atoms with Crippen LogP contribution in [0, 0.1) is 17.0 Å². The minimum Gasteiger partial charge on any atom is -0.496 e. The quantitative estimate of drug-likeness (QED) is 0.370. The molecule has 7 nitrogen and oxygen atoms in total. The molecule has 1 heterocycles. The Labute approximate surface area is 148 Å². The molecule has 2 aromatic carbocycles. The Kier molecular flexibility index (Phi) is 4.99. The molecule has 0 aliphatic carbocycles. The van der Waals surface area contributed by atoms with Gasteiger partial charge in [0.2, 0.25) is 5.89 Å². The molecule has 0 bridgehead atoms. The van der Waals surface area contributed by atoms with Crippen LogP contribution in [0.4, 0.5) is 5.69 Å². The van der Waals surface area contributed by atoms with Crippen LogP contribution in [0.15, 0.2) is 52.1 Å². The van der Waals surface area contributed by atoms with Crippen LogP contribution < -0.4 is 4.74 Å². The van der Waals surface area contributed by atoms with E-state index in [9.17, 15) is 10.1 Å². The van der Waals surface area contributed by atoms with Crippen molar-refractivity contribution in [3.63, 3.8) is 0 Å². The molecule has 0 saturated heterocycles. The summed E-state index contributed by atoms with van der Waals surface area (Å²) in [6, 6.07) is 12.2. The third-order valence-corrected chi connectivity index (χ3v) is 4.48. The first kappa shape index (κ1) is 17.0. The van der Waals surface area contributed by atoms with Crippen molar-refractivity contribution in [1.29, 1.82) is 0 Å². The van der Waals surface area contributed by atoms with Crippen LogP contribution in [0.3, 0.4) is 0 Å². The van der Waals surface area contributed by atoms with Crippen LogP contribution in [0.5, 0.6) is 5.75 Å². The summed E-state index contributed by atoms with van der Waals surface area (Å²) in [5.74, 6) is 1.45. The number of hydrogen-bond acceptors (Lipinski definition) is 7. The number of hydrogen-bond donors (Lipinski definition) is 0. The number of methoxy groups -OCH3 is 1. The molecule has 0 unspecified atom stereocenters. The molecule has 0 fully saturated rings. The molecule has 0 amide bonds. The molecule has 3 rings (SSSR count). The topological polar surface area (TPSA) is 91.3 Å². The summed E-state index contributed by atoms with van der Waals surface area (Å²) >= 11 is 1.30. The highest BCUT2D eigenvalue weighted by Gasteiger charge is 2.15. The molecule has 0 radical (unpaired) electrons. The van der Waals surface area contributed by atoms with E-state index in [1.165, 1.54) is 31.0 Å². The fraction of sp³-hybridized carbons (Fsp3) is 0.176. The van der Waals surface area contributed by atoms with E-state index in [1.807, 2.05) is 31.2 Å². The molecule has 8 heteroatoms. The molecule has 0 aliphatic rings. The highest BCUT2D eigenvalue weighted by molar-refractivity contribution is 7.98. The number of thioether (sulfide) groups is 1. The fourth-order valence-electron chi connectivity index (χ4n) is 2.32. The van der Waals surface area contributed by atoms with Gasteiger partial charge in [-0.1, -0.05) is 30.0 Å². The van der Waals surface area contributed by atoms with E-state index in [2.05, 4.69) is 10.2 Å². The second kappa shape index (κ2) is 7.35. The van der Waals surface area contributed by atoms with Crippen LogP contribution in [0.1, 0.15) is 11.1 Å². The minimum atomic E-state index is -0.434. The Hall–Kier alpha value is -2.87. The zero-order valence-corrected chi connectivity index (χ0v) is 14.4. The normalized spacial score (nSPS) is 10.6. The maximum absolute atomic E-state index is 10.9. The highest BCUT2D eigenvalue weighted by atomic mass is 32.2. The number of nitro groups is 1. The molecule has 1 aromatic heterocycles. The Bertz CT molecular complexity index is 910. The van der Waals surface area contributed by atoms with Crippen molar-refractivity contribution in [1.82, 2.24) is 10.2 Å². The Morgan fingerprint density at radius 1 is 1.24 bits per heavy atom. The smallest absolute Gasteiger partial charge is 0.277 e. The first-order chi connectivity index (χ1) is 12.1. The zero-order valence-electron chi connectivity index (χ0n) is 13.6. The first-order valence-electron chi connectivity index (χ1n) is 7.42. The van der Waals surface area contributed by atoms with Gasteiger partial charge in [0.1, 0.15) is 5.75 Å². The number of nitrogens with zero attached hydrogens (tertiary/aromatic N) is 3. The molecule has 0 spiro atoms. The SMILES string of the molecule is COc1ccc([N+](=O)[O-])cc1CSc1nnc(-c2ccccc2C)o1. The maximum Gasteiger partial charge on any atom is 0.277 e. The lowest BCUT2D eigenvalue weighted by molar-refractivity contribution is -0.384. The van der Waals surface area contributed by atoms with Crippen molar-refractivity contribution in [2.24, 2.45) is 0 Å². The molecule has 3 aromatic rings. The van der Waals surface area contributed by atoms with Crippen molar-refractivity contribution < 1.29 is 14.1 Å². The summed E-state index contributed by atoms with van der Waals surface area (Å²) in [5.41, 5.74) is 2.64. The average Bonchev–Trinajstić information content (AvgIpc) is 3.08. The molecular weight excluding hydrogens is 342 g/mol. The van der Waals surface area contributed by atoms with Crippen molar-refractivity contribution in [2.45, 2.75) is 17.9 Å². The van der Waals surface area contributed by atoms with Gasteiger partial charge in [0.15, 0.2) is 0 Å². The van der Waals surface area contributed by atoms with Crippen LogP contribution in [0.2, 0.25) is 0 Å². The number of rotatable bonds is 6. The lowest BCUT2D eigenvalue weighted by Crippen LogP contribution is -1.94. The summed E-state index contributed by atoms with van der Waals surface area (Å²) in [6.07, 6.45) is 0. The number of ether oxygens (including phenoxy) is 1. The van der Waals surface area contributed by atoms with Crippen LogP contribution in [0.25, 0.3) is 11.5 Å². The van der Waals surface area contributed by atoms with E-state index in [1.54, 1.807) is 6.07 Å². The summed E-state index contributed by atoms with van der Waals surface area (Å²) in [4.78, 5) is 10.5. The molecule has 0 aliphatic heterocycles. The lowest BCUT2D eigenvalue weighted by atomic mass is 10.1. The Balaban J connectivity index is 1.78. The second-order valence-corrected chi connectivity index (χ2v) is 6.16. The molecule has 0 atom stereocenters. The van der Waals surface area contributed by atoms with E-state index in [0.29, 0.717) is 28.2 Å². The van der Waals surface area contributed by atoms with Crippen molar-refractivity contribution in [3.05, 3.63) is 63.7 Å². The molecule has 25 heavy (non-hydrogen) atoms. The van der Waals surface area contributed by atoms with E-state index < -0.39 is 4.92 Å². The third-order valence-electron chi connectivity index (χ3n) is 3.61. The van der Waals surface area contributed by atoms with Crippen molar-refractivity contribution >= 4 is 17.4 Å². The molecular formula is C17H15N3O4S. The molecule has 0 N–H and O–H groups in total. The van der Waals surface area contributed by atoms with Gasteiger partial charge >= 0.3 is 0 Å². The predicted molar refractivity (Wildman–Crippen MR) is 93.7 cm³/mol. The third kappa shape index (κ3) is 3.80. The second-order valence-electron chi connectivity index (χ2n) is 5.23. The largest absolute Gasteiger partial charge is 0.496 e. The van der Waals surface area contributed by atoms with Gasteiger partial charge < -0.3 is 9.15 Å². The first-order valence-corrected chi connectivity index (χ1v) is 8.40. The van der Waals surface area contributed by atoms with E-state index in [0.717, 1.165) is 11.1 Å². The van der Waals surface area contributed by atoms with Gasteiger partial charge in [-0.2, -0.15) is 0 Å². The number of nitro benzene ring substituents is 1.